The lowest BCUT2D eigenvalue weighted by Gasteiger charge is -2.09. The zero-order valence-electron chi connectivity index (χ0n) is 11.4. The lowest BCUT2D eigenvalue weighted by molar-refractivity contribution is 0.574. The second-order valence-corrected chi connectivity index (χ2v) is 4.85. The number of halogens is 1. The van der Waals surface area contributed by atoms with Gasteiger partial charge in [0.2, 0.25) is 5.89 Å². The predicted octanol–water partition coefficient (Wildman–Crippen LogP) is 4.39. The Bertz CT molecular complexity index is 724. The minimum Gasteiger partial charge on any atom is -0.445 e. The van der Waals surface area contributed by atoms with Crippen molar-refractivity contribution < 1.29 is 4.42 Å². The van der Waals surface area contributed by atoms with Gasteiger partial charge in [-0.15, -0.1) is 4.94 Å². The van der Waals surface area contributed by atoms with Gasteiger partial charge in [-0.3, -0.25) is 0 Å². The summed E-state index contributed by atoms with van der Waals surface area (Å²) in [6.45, 7) is 2.08. The second-order valence-electron chi connectivity index (χ2n) is 4.66. The van der Waals surface area contributed by atoms with E-state index in [-0.39, 0.29) is 0 Å². The topological polar surface area (TPSA) is 50.1 Å². The summed E-state index contributed by atoms with van der Waals surface area (Å²) in [6, 6.07) is 14.2. The zero-order valence-corrected chi connectivity index (χ0v) is 12.2. The van der Waals surface area contributed by atoms with E-state index in [2.05, 4.69) is 34.4 Å². The van der Waals surface area contributed by atoms with Gasteiger partial charge in [-0.05, 0) is 59.7 Å². The van der Waals surface area contributed by atoms with Gasteiger partial charge in [0.15, 0.2) is 0 Å². The summed E-state index contributed by atoms with van der Waals surface area (Å²) in [4.78, 5) is 6.57. The number of rotatable bonds is 4. The largest absolute Gasteiger partial charge is 0.445 e. The molecule has 0 aliphatic carbocycles. The van der Waals surface area contributed by atoms with Gasteiger partial charge in [-0.1, -0.05) is 18.2 Å². The Hall–Kier alpha value is -2.30. The molecule has 3 aromatic rings. The Morgan fingerprint density at radius 2 is 1.81 bits per heavy atom. The predicted molar refractivity (Wildman–Crippen MR) is 84.7 cm³/mol. The van der Waals surface area contributed by atoms with E-state index in [1.807, 2.05) is 30.3 Å². The molecule has 0 saturated carbocycles. The van der Waals surface area contributed by atoms with Crippen LogP contribution >= 0.6 is 11.8 Å². The van der Waals surface area contributed by atoms with Crippen molar-refractivity contribution in [3.63, 3.8) is 0 Å². The van der Waals surface area contributed by atoms with E-state index in [0.717, 1.165) is 22.4 Å². The van der Waals surface area contributed by atoms with Gasteiger partial charge in [0, 0.05) is 5.56 Å². The Morgan fingerprint density at radius 1 is 1.05 bits per heavy atom. The highest BCUT2D eigenvalue weighted by atomic mass is 35.5. The molecule has 0 aliphatic rings. The van der Waals surface area contributed by atoms with Crippen LogP contribution in [0.1, 0.15) is 5.56 Å². The van der Waals surface area contributed by atoms with E-state index in [1.165, 1.54) is 5.56 Å². The summed E-state index contributed by atoms with van der Waals surface area (Å²) in [7, 11) is 0. The van der Waals surface area contributed by atoms with Crippen molar-refractivity contribution in [3.8, 4) is 22.6 Å². The molecule has 5 heteroatoms. The molecule has 0 atom stereocenters. The number of oxazole rings is 1. The molecule has 2 aromatic carbocycles. The third kappa shape index (κ3) is 2.91. The van der Waals surface area contributed by atoms with Crippen LogP contribution in [0.5, 0.6) is 0 Å². The molecule has 0 aliphatic heterocycles. The van der Waals surface area contributed by atoms with Gasteiger partial charge in [0.1, 0.15) is 6.26 Å². The molecule has 4 nitrogen and oxygen atoms in total. The van der Waals surface area contributed by atoms with Gasteiger partial charge in [0.05, 0.1) is 11.9 Å². The Kier molecular flexibility index (Phi) is 3.90. The van der Waals surface area contributed by atoms with Crippen LogP contribution in [0.15, 0.2) is 59.3 Å². The lowest BCUT2D eigenvalue weighted by Crippen LogP contribution is -2.07. The number of hydrazine groups is 1. The van der Waals surface area contributed by atoms with E-state index in [9.17, 15) is 0 Å². The highest BCUT2D eigenvalue weighted by Gasteiger charge is 2.07. The molecule has 0 spiro atoms. The van der Waals surface area contributed by atoms with Crippen molar-refractivity contribution in [1.82, 2.24) is 9.93 Å². The summed E-state index contributed by atoms with van der Waals surface area (Å²) >= 11 is 5.42. The van der Waals surface area contributed by atoms with Crippen LogP contribution in [0.2, 0.25) is 0 Å². The van der Waals surface area contributed by atoms with Gasteiger partial charge in [-0.25, -0.2) is 4.98 Å². The quantitative estimate of drug-likeness (QED) is 0.554. The number of aromatic nitrogens is 1. The van der Waals surface area contributed by atoms with Crippen LogP contribution < -0.4 is 10.4 Å². The minimum atomic E-state index is 0.626. The Balaban J connectivity index is 1.99. The summed E-state index contributed by atoms with van der Waals surface area (Å²) < 4.78 is 5.36. The number of nitrogens with zero attached hydrogens (tertiary/aromatic N) is 1. The Labute approximate surface area is 127 Å². The van der Waals surface area contributed by atoms with Crippen LogP contribution in [0, 0.1) is 6.92 Å². The second kappa shape index (κ2) is 5.99. The molecule has 0 amide bonds. The van der Waals surface area contributed by atoms with Crippen molar-refractivity contribution in [2.75, 3.05) is 5.43 Å². The van der Waals surface area contributed by atoms with Gasteiger partial charge in [-0.2, -0.15) is 0 Å². The molecule has 21 heavy (non-hydrogen) atoms. The van der Waals surface area contributed by atoms with E-state index in [4.69, 9.17) is 16.2 Å². The normalized spacial score (nSPS) is 10.6. The number of anilines is 1. The van der Waals surface area contributed by atoms with Gasteiger partial charge in [0.25, 0.3) is 0 Å². The number of hydrogen-bond donors (Lipinski definition) is 2. The highest BCUT2D eigenvalue weighted by Crippen LogP contribution is 2.29. The van der Waals surface area contributed by atoms with Crippen molar-refractivity contribution in [2.45, 2.75) is 6.92 Å². The SMILES string of the molecule is Cc1ccc(-c2ncco2)cc1-c1ccc(NNCl)cc1. The molecule has 0 bridgehead atoms. The van der Waals surface area contributed by atoms with Crippen LogP contribution in [-0.2, 0) is 0 Å². The number of benzene rings is 2. The average Bonchev–Trinajstić information content (AvgIpc) is 3.03. The first-order valence-corrected chi connectivity index (χ1v) is 6.88. The number of aryl methyl sites for hydroxylation is 1. The van der Waals surface area contributed by atoms with E-state index >= 15 is 0 Å². The maximum Gasteiger partial charge on any atom is 0.225 e. The molecule has 0 unspecified atom stereocenters. The average molecular weight is 300 g/mol. The van der Waals surface area contributed by atoms with Crippen LogP contribution in [0.25, 0.3) is 22.6 Å². The molecule has 0 radical (unpaired) electrons. The third-order valence-corrected chi connectivity index (χ3v) is 3.40. The fourth-order valence-electron chi connectivity index (χ4n) is 2.22. The van der Waals surface area contributed by atoms with Crippen LogP contribution in [0.3, 0.4) is 0 Å². The fraction of sp³-hybridized carbons (Fsp3) is 0.0625. The van der Waals surface area contributed by atoms with Crippen molar-refractivity contribution in [1.29, 1.82) is 0 Å². The van der Waals surface area contributed by atoms with Gasteiger partial charge < -0.3 is 9.84 Å². The first kappa shape index (κ1) is 13.7. The van der Waals surface area contributed by atoms with Crippen molar-refractivity contribution in [2.24, 2.45) is 0 Å². The standard InChI is InChI=1S/C16H14ClN3O/c1-11-2-3-13(16-18-8-9-21-16)10-15(11)12-4-6-14(7-5-12)19-20-17/h2-10,19-20H,1H3. The van der Waals surface area contributed by atoms with E-state index in [0.29, 0.717) is 5.89 Å². The lowest BCUT2D eigenvalue weighted by atomic mass is 9.98. The Morgan fingerprint density at radius 3 is 2.48 bits per heavy atom. The number of nitrogens with one attached hydrogen (secondary N) is 2. The molecule has 0 fully saturated rings. The van der Waals surface area contributed by atoms with Crippen LogP contribution in [-0.4, -0.2) is 4.98 Å². The smallest absolute Gasteiger partial charge is 0.225 e. The first-order chi connectivity index (χ1) is 10.3. The molecular weight excluding hydrogens is 286 g/mol. The van der Waals surface area contributed by atoms with Crippen molar-refractivity contribution >= 4 is 17.5 Å². The van der Waals surface area contributed by atoms with Gasteiger partial charge >= 0.3 is 0 Å². The fourth-order valence-corrected chi connectivity index (χ4v) is 2.33. The molecule has 1 heterocycles. The maximum atomic E-state index is 5.42. The summed E-state index contributed by atoms with van der Waals surface area (Å²) in [6.07, 6.45) is 3.23. The zero-order chi connectivity index (χ0) is 14.7. The molecular formula is C16H14ClN3O. The van der Waals surface area contributed by atoms with E-state index < -0.39 is 0 Å². The third-order valence-electron chi connectivity index (χ3n) is 3.30. The van der Waals surface area contributed by atoms with E-state index in [1.54, 1.807) is 12.5 Å². The molecule has 2 N–H and O–H groups in total. The first-order valence-electron chi connectivity index (χ1n) is 6.50. The highest BCUT2D eigenvalue weighted by molar-refractivity contribution is 6.13. The molecule has 1 aromatic heterocycles. The summed E-state index contributed by atoms with van der Waals surface area (Å²) in [5, 5.41) is 0. The maximum absolute atomic E-state index is 5.42. The summed E-state index contributed by atoms with van der Waals surface area (Å²) in [5.74, 6) is 0.626. The monoisotopic (exact) mass is 299 g/mol. The molecule has 0 saturated heterocycles. The molecule has 3 rings (SSSR count). The molecule has 106 valence electrons. The van der Waals surface area contributed by atoms with Crippen molar-refractivity contribution in [3.05, 3.63) is 60.5 Å². The number of hydrogen-bond acceptors (Lipinski definition) is 4. The summed E-state index contributed by atoms with van der Waals surface area (Å²) in [5.41, 5.74) is 8.16. The minimum absolute atomic E-state index is 0.626. The van der Waals surface area contributed by atoms with Crippen LogP contribution in [0.4, 0.5) is 5.69 Å².